The number of nitrogens with zero attached hydrogens (tertiary/aromatic N) is 4. The molecule has 3 heterocycles. The maximum absolute atomic E-state index is 5.22. The molecule has 6 heteroatoms. The Hall–Kier alpha value is -2.52. The van der Waals surface area contributed by atoms with Crippen molar-refractivity contribution >= 4 is 15.9 Å². The van der Waals surface area contributed by atoms with Gasteiger partial charge in [-0.15, -0.1) is 0 Å². The van der Waals surface area contributed by atoms with Crippen LogP contribution < -0.4 is 0 Å². The van der Waals surface area contributed by atoms with Crippen molar-refractivity contribution in [3.8, 4) is 23.4 Å². The smallest absolute Gasteiger partial charge is 0.240 e. The highest BCUT2D eigenvalue weighted by Crippen LogP contribution is 2.25. The highest BCUT2D eigenvalue weighted by Gasteiger charge is 2.15. The highest BCUT2D eigenvalue weighted by molar-refractivity contribution is 9.09. The van der Waals surface area contributed by atoms with Crippen LogP contribution in [-0.4, -0.2) is 20.1 Å². The molecule has 0 aliphatic carbocycles. The van der Waals surface area contributed by atoms with Gasteiger partial charge >= 0.3 is 0 Å². The van der Waals surface area contributed by atoms with Crippen molar-refractivity contribution in [1.29, 1.82) is 0 Å². The van der Waals surface area contributed by atoms with E-state index in [0.29, 0.717) is 17.4 Å². The van der Waals surface area contributed by atoms with Gasteiger partial charge in [0.1, 0.15) is 11.4 Å². The third-order valence-electron chi connectivity index (χ3n) is 3.06. The quantitative estimate of drug-likeness (QED) is 0.519. The molecule has 3 rings (SSSR count). The van der Waals surface area contributed by atoms with Crippen molar-refractivity contribution in [3.63, 3.8) is 0 Å². The molecule has 0 aromatic carbocycles. The first kappa shape index (κ1) is 15.4. The second-order valence-corrected chi connectivity index (χ2v) is 5.83. The summed E-state index contributed by atoms with van der Waals surface area (Å²) in [5, 5.41) is 3.95. The summed E-state index contributed by atoms with van der Waals surface area (Å²) in [6.07, 6.45) is 4.27. The largest absolute Gasteiger partial charge is 0.338 e. The molecule has 5 nitrogen and oxygen atoms in total. The first-order valence-corrected chi connectivity index (χ1v) is 8.05. The number of hydrogen-bond acceptors (Lipinski definition) is 5. The minimum Gasteiger partial charge on any atom is -0.338 e. The van der Waals surface area contributed by atoms with Gasteiger partial charge in [-0.25, -0.2) is 4.98 Å². The Labute approximate surface area is 142 Å². The van der Waals surface area contributed by atoms with Gasteiger partial charge in [0.2, 0.25) is 11.7 Å². The summed E-state index contributed by atoms with van der Waals surface area (Å²) < 4.78 is 5.22. The van der Waals surface area contributed by atoms with Crippen LogP contribution in [0.4, 0.5) is 0 Å². The van der Waals surface area contributed by atoms with Gasteiger partial charge in [-0.2, -0.15) is 4.98 Å². The average molecular weight is 369 g/mol. The lowest BCUT2D eigenvalue weighted by Gasteiger charge is -1.96. The summed E-state index contributed by atoms with van der Waals surface area (Å²) in [6.45, 7) is 2.04. The Balaban J connectivity index is 1.77. The average Bonchev–Trinajstić information content (AvgIpc) is 3.11. The number of rotatable bonds is 3. The van der Waals surface area contributed by atoms with Crippen molar-refractivity contribution in [2.45, 2.75) is 18.2 Å². The van der Waals surface area contributed by atoms with Crippen molar-refractivity contribution in [2.24, 2.45) is 0 Å². The van der Waals surface area contributed by atoms with E-state index in [1.165, 1.54) is 0 Å². The standard InChI is InChI=1S/C17H13BrN4O/c1-2-14(18)17-21-16(22-23-17)15-9-7-12(11-20-15)6-8-13-5-3-4-10-19-13/h3-5,7,9-11,14H,2H2,1H3. The molecule has 1 atom stereocenters. The monoisotopic (exact) mass is 368 g/mol. The minimum atomic E-state index is 0.0623. The topological polar surface area (TPSA) is 64.7 Å². The van der Waals surface area contributed by atoms with Crippen molar-refractivity contribution < 1.29 is 4.52 Å². The summed E-state index contributed by atoms with van der Waals surface area (Å²) in [7, 11) is 0. The maximum Gasteiger partial charge on any atom is 0.240 e. The molecule has 0 bridgehead atoms. The summed E-state index contributed by atoms with van der Waals surface area (Å²) in [5.41, 5.74) is 2.18. The zero-order valence-corrected chi connectivity index (χ0v) is 14.0. The molecule has 0 aliphatic rings. The van der Waals surface area contributed by atoms with Gasteiger partial charge in [0.25, 0.3) is 0 Å². The fraction of sp³-hybridized carbons (Fsp3) is 0.176. The predicted molar refractivity (Wildman–Crippen MR) is 89.7 cm³/mol. The van der Waals surface area contributed by atoms with Crippen LogP contribution in [-0.2, 0) is 0 Å². The molecule has 0 aliphatic heterocycles. The van der Waals surface area contributed by atoms with E-state index in [0.717, 1.165) is 17.7 Å². The molecule has 3 aromatic rings. The molecule has 1 unspecified atom stereocenters. The maximum atomic E-state index is 5.22. The summed E-state index contributed by atoms with van der Waals surface area (Å²) in [6, 6.07) is 9.32. The van der Waals surface area contributed by atoms with E-state index in [1.807, 2.05) is 37.3 Å². The zero-order valence-electron chi connectivity index (χ0n) is 12.4. The van der Waals surface area contributed by atoms with E-state index in [1.54, 1.807) is 12.4 Å². The molecule has 0 amide bonds. The third kappa shape index (κ3) is 3.82. The molecule has 0 N–H and O–H groups in total. The summed E-state index contributed by atoms with van der Waals surface area (Å²) >= 11 is 3.48. The molecule has 114 valence electrons. The minimum absolute atomic E-state index is 0.0623. The van der Waals surface area contributed by atoms with Gasteiger partial charge < -0.3 is 4.52 Å². The van der Waals surface area contributed by atoms with E-state index < -0.39 is 0 Å². The summed E-state index contributed by atoms with van der Waals surface area (Å²) in [4.78, 5) is 12.9. The second kappa shape index (κ2) is 7.16. The number of hydrogen-bond donors (Lipinski definition) is 0. The van der Waals surface area contributed by atoms with Crippen molar-refractivity contribution in [3.05, 3.63) is 59.9 Å². The van der Waals surface area contributed by atoms with Crippen LogP contribution in [0.1, 0.15) is 35.3 Å². The van der Waals surface area contributed by atoms with Gasteiger partial charge in [-0.05, 0) is 36.6 Å². The molecule has 0 saturated heterocycles. The summed E-state index contributed by atoms with van der Waals surface area (Å²) in [5.74, 6) is 7.05. The molecule has 0 spiro atoms. The molecule has 23 heavy (non-hydrogen) atoms. The fourth-order valence-electron chi connectivity index (χ4n) is 1.81. The van der Waals surface area contributed by atoms with Gasteiger partial charge in [0.05, 0.1) is 4.83 Å². The fourth-order valence-corrected chi connectivity index (χ4v) is 2.00. The van der Waals surface area contributed by atoms with Gasteiger partial charge in [0, 0.05) is 18.0 Å². The van der Waals surface area contributed by atoms with E-state index >= 15 is 0 Å². The normalized spacial score (nSPS) is 11.6. The highest BCUT2D eigenvalue weighted by atomic mass is 79.9. The van der Waals surface area contributed by atoms with Crippen LogP contribution >= 0.6 is 15.9 Å². The van der Waals surface area contributed by atoms with Crippen LogP contribution in [0.3, 0.4) is 0 Å². The Kier molecular flexibility index (Phi) is 4.79. The molecule has 3 aromatic heterocycles. The number of alkyl halides is 1. The van der Waals surface area contributed by atoms with Gasteiger partial charge in [0.15, 0.2) is 0 Å². The first-order valence-electron chi connectivity index (χ1n) is 7.13. The van der Waals surface area contributed by atoms with Crippen molar-refractivity contribution in [1.82, 2.24) is 20.1 Å². The van der Waals surface area contributed by atoms with Gasteiger partial charge in [-0.3, -0.25) is 4.98 Å². The second-order valence-electron chi connectivity index (χ2n) is 4.73. The lowest BCUT2D eigenvalue weighted by Crippen LogP contribution is -1.89. The number of pyridine rings is 2. The molecular formula is C17H13BrN4O. The van der Waals surface area contributed by atoms with Crippen LogP contribution in [0.5, 0.6) is 0 Å². The van der Waals surface area contributed by atoms with E-state index in [2.05, 4.69) is 47.9 Å². The van der Waals surface area contributed by atoms with Gasteiger partial charge in [-0.1, -0.05) is 40.0 Å². The van der Waals surface area contributed by atoms with E-state index in [9.17, 15) is 0 Å². The zero-order chi connectivity index (χ0) is 16.1. The van der Waals surface area contributed by atoms with E-state index in [4.69, 9.17) is 4.52 Å². The van der Waals surface area contributed by atoms with Crippen molar-refractivity contribution in [2.75, 3.05) is 0 Å². The molecule has 0 fully saturated rings. The number of halogens is 1. The van der Waals surface area contributed by atoms with Crippen LogP contribution in [0, 0.1) is 11.8 Å². The third-order valence-corrected chi connectivity index (χ3v) is 4.10. The molecular weight excluding hydrogens is 356 g/mol. The Bertz CT molecular complexity index is 834. The lowest BCUT2D eigenvalue weighted by atomic mass is 10.2. The van der Waals surface area contributed by atoms with Crippen LogP contribution in [0.25, 0.3) is 11.5 Å². The Morgan fingerprint density at radius 3 is 2.78 bits per heavy atom. The van der Waals surface area contributed by atoms with Crippen LogP contribution in [0.2, 0.25) is 0 Å². The first-order chi connectivity index (χ1) is 11.3. The predicted octanol–water partition coefficient (Wildman–Crippen LogP) is 3.77. The Morgan fingerprint density at radius 1 is 1.17 bits per heavy atom. The molecule has 0 saturated carbocycles. The van der Waals surface area contributed by atoms with Crippen LogP contribution in [0.15, 0.2) is 47.2 Å². The SMILES string of the molecule is CCC(Br)c1nc(-c2ccc(C#Cc3ccccn3)cn2)no1. The lowest BCUT2D eigenvalue weighted by molar-refractivity contribution is 0.377. The number of aromatic nitrogens is 4. The molecule has 0 radical (unpaired) electrons. The van der Waals surface area contributed by atoms with E-state index in [-0.39, 0.29) is 4.83 Å². The Morgan fingerprint density at radius 2 is 2.09 bits per heavy atom.